The normalized spacial score (nSPS) is 11.0. The molecule has 0 radical (unpaired) electrons. The topological polar surface area (TPSA) is 52.6 Å². The van der Waals surface area contributed by atoms with Crippen molar-refractivity contribution in [2.45, 2.75) is 27.2 Å². The highest BCUT2D eigenvalue weighted by Gasteiger charge is 2.24. The Bertz CT molecular complexity index is 1220. The summed E-state index contributed by atoms with van der Waals surface area (Å²) in [6.07, 6.45) is 0.794. The van der Waals surface area contributed by atoms with Gasteiger partial charge in [-0.1, -0.05) is 36.1 Å². The summed E-state index contributed by atoms with van der Waals surface area (Å²) in [5.74, 6) is 6.78. The van der Waals surface area contributed by atoms with Gasteiger partial charge in [-0.05, 0) is 65.9 Å². The molecule has 0 unspecified atom stereocenters. The molecule has 3 aromatic rings. The Balaban J connectivity index is 1.78. The van der Waals surface area contributed by atoms with Gasteiger partial charge in [0.2, 0.25) is 0 Å². The number of carbonyl (C=O) groups is 2. The molecule has 0 atom stereocenters. The molecule has 4 nitrogen and oxygen atoms in total. The van der Waals surface area contributed by atoms with Gasteiger partial charge in [-0.3, -0.25) is 9.59 Å². The fourth-order valence-electron chi connectivity index (χ4n) is 3.70. The van der Waals surface area contributed by atoms with Crippen LogP contribution in [0.2, 0.25) is 0 Å². The van der Waals surface area contributed by atoms with Crippen molar-refractivity contribution >= 4 is 11.9 Å². The van der Waals surface area contributed by atoms with Crippen LogP contribution < -0.4 is 9.47 Å². The maximum absolute atomic E-state index is 11.6. The minimum Gasteiger partial charge on any atom is -0.427 e. The van der Waals surface area contributed by atoms with Crippen LogP contribution in [0.4, 0.5) is 0 Å². The van der Waals surface area contributed by atoms with E-state index in [0.29, 0.717) is 11.5 Å². The molecule has 148 valence electrons. The standard InChI is InChI=1S/C26H20O4/c1-16-22(13-10-19-8-11-21(12-9-19)29-17(2)27)24-14-20-6-4-5-7-23(20)25(24)15-26(16)30-18(3)28/h4-9,11-12,15H,14H2,1-3H3. The molecular formula is C26H20O4. The van der Waals surface area contributed by atoms with Crippen molar-refractivity contribution in [1.29, 1.82) is 0 Å². The SMILES string of the molecule is CC(=O)Oc1ccc(C#Cc2c(C)c(OC(C)=O)cc3c2Cc2ccccc2-3)cc1. The van der Waals surface area contributed by atoms with Crippen LogP contribution in [0.15, 0.2) is 54.6 Å². The zero-order valence-corrected chi connectivity index (χ0v) is 17.0. The van der Waals surface area contributed by atoms with Gasteiger partial charge in [0.25, 0.3) is 0 Å². The minimum absolute atomic E-state index is 0.357. The Kier molecular flexibility index (Phi) is 5.12. The van der Waals surface area contributed by atoms with Crippen LogP contribution in [-0.4, -0.2) is 11.9 Å². The molecule has 0 saturated carbocycles. The number of rotatable bonds is 2. The number of hydrogen-bond donors (Lipinski definition) is 0. The fourth-order valence-corrected chi connectivity index (χ4v) is 3.70. The third-order valence-electron chi connectivity index (χ3n) is 5.02. The average molecular weight is 396 g/mol. The second-order valence-electron chi connectivity index (χ2n) is 7.20. The smallest absolute Gasteiger partial charge is 0.308 e. The summed E-state index contributed by atoms with van der Waals surface area (Å²) in [5.41, 5.74) is 7.11. The van der Waals surface area contributed by atoms with Crippen molar-refractivity contribution in [3.8, 4) is 34.5 Å². The van der Waals surface area contributed by atoms with Crippen LogP contribution >= 0.6 is 0 Å². The zero-order valence-electron chi connectivity index (χ0n) is 17.0. The first-order valence-corrected chi connectivity index (χ1v) is 9.66. The van der Waals surface area contributed by atoms with Crippen LogP contribution in [0.25, 0.3) is 11.1 Å². The second kappa shape index (κ2) is 7.88. The highest BCUT2D eigenvalue weighted by atomic mass is 16.5. The van der Waals surface area contributed by atoms with Crippen molar-refractivity contribution in [2.75, 3.05) is 0 Å². The highest BCUT2D eigenvalue weighted by Crippen LogP contribution is 2.42. The molecule has 3 aromatic carbocycles. The molecule has 4 rings (SSSR count). The molecule has 0 saturated heterocycles. The molecule has 0 heterocycles. The van der Waals surface area contributed by atoms with Gasteiger partial charge in [-0.15, -0.1) is 0 Å². The van der Waals surface area contributed by atoms with Gasteiger partial charge in [0.1, 0.15) is 11.5 Å². The number of benzene rings is 3. The van der Waals surface area contributed by atoms with Gasteiger partial charge in [-0.25, -0.2) is 0 Å². The average Bonchev–Trinajstić information content (AvgIpc) is 3.07. The lowest BCUT2D eigenvalue weighted by atomic mass is 9.95. The van der Waals surface area contributed by atoms with Gasteiger partial charge in [0.05, 0.1) is 0 Å². The molecule has 0 aromatic heterocycles. The Morgan fingerprint density at radius 1 is 0.867 bits per heavy atom. The van der Waals surface area contributed by atoms with E-state index in [-0.39, 0.29) is 11.9 Å². The van der Waals surface area contributed by atoms with Crippen molar-refractivity contribution in [2.24, 2.45) is 0 Å². The molecule has 0 spiro atoms. The van der Waals surface area contributed by atoms with Crippen LogP contribution in [0.1, 0.15) is 41.7 Å². The van der Waals surface area contributed by atoms with Crippen molar-refractivity contribution in [3.63, 3.8) is 0 Å². The van der Waals surface area contributed by atoms with Crippen LogP contribution in [0.3, 0.4) is 0 Å². The molecule has 0 amide bonds. The molecule has 0 bridgehead atoms. The van der Waals surface area contributed by atoms with E-state index in [2.05, 4.69) is 24.0 Å². The predicted octanol–water partition coefficient (Wildman–Crippen LogP) is 4.82. The maximum atomic E-state index is 11.6. The fraction of sp³-hybridized carbons (Fsp3) is 0.154. The summed E-state index contributed by atoms with van der Waals surface area (Å²) in [4.78, 5) is 22.7. The lowest BCUT2D eigenvalue weighted by Gasteiger charge is -2.13. The zero-order chi connectivity index (χ0) is 21.3. The Labute approximate surface area is 175 Å². The first-order valence-electron chi connectivity index (χ1n) is 9.66. The lowest BCUT2D eigenvalue weighted by molar-refractivity contribution is -0.132. The van der Waals surface area contributed by atoms with Crippen molar-refractivity contribution in [3.05, 3.63) is 82.4 Å². The van der Waals surface area contributed by atoms with E-state index in [1.165, 1.54) is 19.4 Å². The molecule has 4 heteroatoms. The monoisotopic (exact) mass is 396 g/mol. The van der Waals surface area contributed by atoms with Gasteiger partial charge < -0.3 is 9.47 Å². The lowest BCUT2D eigenvalue weighted by Crippen LogP contribution is -2.05. The highest BCUT2D eigenvalue weighted by molar-refractivity contribution is 5.83. The van der Waals surface area contributed by atoms with Gasteiger partial charge in [0.15, 0.2) is 0 Å². The number of ether oxygens (including phenoxy) is 2. The maximum Gasteiger partial charge on any atom is 0.308 e. The number of carbonyl (C=O) groups excluding carboxylic acids is 2. The van der Waals surface area contributed by atoms with Gasteiger partial charge in [0, 0.05) is 30.5 Å². The Morgan fingerprint density at radius 2 is 1.57 bits per heavy atom. The van der Waals surface area contributed by atoms with E-state index in [9.17, 15) is 9.59 Å². The largest absolute Gasteiger partial charge is 0.427 e. The van der Waals surface area contributed by atoms with E-state index in [1.54, 1.807) is 12.1 Å². The second-order valence-corrected chi connectivity index (χ2v) is 7.20. The third kappa shape index (κ3) is 3.83. The van der Waals surface area contributed by atoms with Crippen molar-refractivity contribution in [1.82, 2.24) is 0 Å². The molecule has 0 aliphatic heterocycles. The summed E-state index contributed by atoms with van der Waals surface area (Å²) in [5, 5.41) is 0. The van der Waals surface area contributed by atoms with Crippen LogP contribution in [0.5, 0.6) is 11.5 Å². The summed E-state index contributed by atoms with van der Waals surface area (Å²) < 4.78 is 10.5. The molecule has 1 aliphatic rings. The molecule has 30 heavy (non-hydrogen) atoms. The van der Waals surface area contributed by atoms with Gasteiger partial charge in [-0.2, -0.15) is 0 Å². The third-order valence-corrected chi connectivity index (χ3v) is 5.02. The van der Waals surface area contributed by atoms with Gasteiger partial charge >= 0.3 is 11.9 Å². The summed E-state index contributed by atoms with van der Waals surface area (Å²) >= 11 is 0. The molecule has 0 fully saturated rings. The number of esters is 2. The van der Waals surface area contributed by atoms with E-state index >= 15 is 0 Å². The summed E-state index contributed by atoms with van der Waals surface area (Å²) in [6.45, 7) is 4.69. The minimum atomic E-state index is -0.359. The molecule has 0 N–H and O–H groups in total. The summed E-state index contributed by atoms with van der Waals surface area (Å²) in [7, 11) is 0. The summed E-state index contributed by atoms with van der Waals surface area (Å²) in [6, 6.07) is 17.2. The first-order chi connectivity index (χ1) is 14.4. The van der Waals surface area contributed by atoms with Crippen molar-refractivity contribution < 1.29 is 19.1 Å². The molecular weight excluding hydrogens is 376 g/mol. The Hall–Kier alpha value is -3.84. The predicted molar refractivity (Wildman–Crippen MR) is 114 cm³/mol. The van der Waals surface area contributed by atoms with E-state index < -0.39 is 0 Å². The van der Waals surface area contributed by atoms with E-state index in [1.807, 2.05) is 37.3 Å². The van der Waals surface area contributed by atoms with Crippen LogP contribution in [-0.2, 0) is 16.0 Å². The van der Waals surface area contributed by atoms with E-state index in [4.69, 9.17) is 9.47 Å². The number of fused-ring (bicyclic) bond motifs is 3. The quantitative estimate of drug-likeness (QED) is 0.277. The van der Waals surface area contributed by atoms with Crippen LogP contribution in [0, 0.1) is 18.8 Å². The Morgan fingerprint density at radius 3 is 2.27 bits per heavy atom. The molecule has 1 aliphatic carbocycles. The number of hydrogen-bond acceptors (Lipinski definition) is 4. The van der Waals surface area contributed by atoms with E-state index in [0.717, 1.165) is 39.8 Å². The first kappa shape index (κ1) is 19.5.